The van der Waals surface area contributed by atoms with Crippen molar-refractivity contribution < 1.29 is 0 Å². The SMILES string of the molecule is CCN(CC)C1CCN(CC(N)c2ccccc2)C1. The average Bonchev–Trinajstić information content (AvgIpc) is 2.89. The van der Waals surface area contributed by atoms with E-state index in [9.17, 15) is 0 Å². The third-order valence-corrected chi connectivity index (χ3v) is 4.26. The van der Waals surface area contributed by atoms with Crippen LogP contribution in [0.15, 0.2) is 30.3 Å². The summed E-state index contributed by atoms with van der Waals surface area (Å²) in [6.45, 7) is 10.1. The quantitative estimate of drug-likeness (QED) is 0.851. The maximum absolute atomic E-state index is 6.31. The first-order valence-electron chi connectivity index (χ1n) is 7.51. The van der Waals surface area contributed by atoms with Gasteiger partial charge < -0.3 is 5.73 Å². The van der Waals surface area contributed by atoms with Gasteiger partial charge in [0.25, 0.3) is 0 Å². The van der Waals surface area contributed by atoms with Crippen LogP contribution < -0.4 is 5.73 Å². The van der Waals surface area contributed by atoms with Crippen molar-refractivity contribution in [1.29, 1.82) is 0 Å². The van der Waals surface area contributed by atoms with Crippen molar-refractivity contribution in [2.24, 2.45) is 5.73 Å². The van der Waals surface area contributed by atoms with Gasteiger partial charge in [-0.1, -0.05) is 44.2 Å². The summed E-state index contributed by atoms with van der Waals surface area (Å²) in [5, 5.41) is 0. The van der Waals surface area contributed by atoms with Crippen LogP contribution >= 0.6 is 0 Å². The average molecular weight is 261 g/mol. The number of nitrogens with two attached hydrogens (primary N) is 1. The number of hydrogen-bond donors (Lipinski definition) is 1. The third-order valence-electron chi connectivity index (χ3n) is 4.26. The van der Waals surface area contributed by atoms with Crippen molar-refractivity contribution in [1.82, 2.24) is 9.80 Å². The standard InChI is InChI=1S/C16H27N3/c1-3-19(4-2)15-10-11-18(12-15)13-16(17)14-8-6-5-7-9-14/h5-9,15-16H,3-4,10-13,17H2,1-2H3. The molecule has 19 heavy (non-hydrogen) atoms. The van der Waals surface area contributed by atoms with Crippen LogP contribution in [0, 0.1) is 0 Å². The summed E-state index contributed by atoms with van der Waals surface area (Å²) >= 11 is 0. The lowest BCUT2D eigenvalue weighted by atomic mass is 10.1. The van der Waals surface area contributed by atoms with Gasteiger partial charge in [0.2, 0.25) is 0 Å². The van der Waals surface area contributed by atoms with E-state index >= 15 is 0 Å². The lowest BCUT2D eigenvalue weighted by Crippen LogP contribution is -2.38. The molecule has 0 radical (unpaired) electrons. The van der Waals surface area contributed by atoms with Gasteiger partial charge in [0, 0.05) is 25.2 Å². The van der Waals surface area contributed by atoms with Crippen LogP contribution in [0.5, 0.6) is 0 Å². The Morgan fingerprint density at radius 1 is 1.26 bits per heavy atom. The molecule has 3 nitrogen and oxygen atoms in total. The summed E-state index contributed by atoms with van der Waals surface area (Å²) in [6.07, 6.45) is 1.28. The highest BCUT2D eigenvalue weighted by molar-refractivity contribution is 5.18. The molecule has 1 aromatic rings. The summed E-state index contributed by atoms with van der Waals surface area (Å²) in [6, 6.07) is 11.3. The zero-order valence-electron chi connectivity index (χ0n) is 12.3. The number of hydrogen-bond acceptors (Lipinski definition) is 3. The molecule has 0 spiro atoms. The molecule has 3 heteroatoms. The molecule has 0 amide bonds. The zero-order chi connectivity index (χ0) is 13.7. The summed E-state index contributed by atoms with van der Waals surface area (Å²) in [7, 11) is 0. The fraction of sp³-hybridized carbons (Fsp3) is 0.625. The molecule has 106 valence electrons. The van der Waals surface area contributed by atoms with E-state index in [-0.39, 0.29) is 6.04 Å². The van der Waals surface area contributed by atoms with Crippen molar-refractivity contribution >= 4 is 0 Å². The Balaban J connectivity index is 1.85. The highest BCUT2D eigenvalue weighted by Gasteiger charge is 2.27. The lowest BCUT2D eigenvalue weighted by Gasteiger charge is -2.27. The molecule has 1 saturated heterocycles. The van der Waals surface area contributed by atoms with Gasteiger partial charge in [-0.05, 0) is 31.6 Å². The normalized spacial score (nSPS) is 22.0. The van der Waals surface area contributed by atoms with E-state index in [1.165, 1.54) is 25.1 Å². The second-order valence-electron chi connectivity index (χ2n) is 5.44. The Labute approximate surface area is 117 Å². The predicted molar refractivity (Wildman–Crippen MR) is 81.1 cm³/mol. The summed E-state index contributed by atoms with van der Waals surface area (Å²) in [5.74, 6) is 0. The van der Waals surface area contributed by atoms with Gasteiger partial charge in [0.1, 0.15) is 0 Å². The molecule has 0 aliphatic carbocycles. The van der Waals surface area contributed by atoms with E-state index < -0.39 is 0 Å². The van der Waals surface area contributed by atoms with Gasteiger partial charge in [-0.25, -0.2) is 0 Å². The van der Waals surface area contributed by atoms with Crippen molar-refractivity contribution in [3.05, 3.63) is 35.9 Å². The van der Waals surface area contributed by atoms with E-state index in [1.807, 2.05) is 6.07 Å². The van der Waals surface area contributed by atoms with Crippen LogP contribution in [0.1, 0.15) is 31.9 Å². The topological polar surface area (TPSA) is 32.5 Å². The molecule has 1 fully saturated rings. The van der Waals surface area contributed by atoms with Crippen LogP contribution in [0.4, 0.5) is 0 Å². The second-order valence-corrected chi connectivity index (χ2v) is 5.44. The van der Waals surface area contributed by atoms with E-state index in [0.717, 1.165) is 25.7 Å². The molecule has 1 aliphatic rings. The van der Waals surface area contributed by atoms with Gasteiger partial charge in [-0.2, -0.15) is 0 Å². The monoisotopic (exact) mass is 261 g/mol. The van der Waals surface area contributed by atoms with E-state index in [4.69, 9.17) is 5.73 Å². The molecular weight excluding hydrogens is 234 g/mol. The van der Waals surface area contributed by atoms with Crippen molar-refractivity contribution in [3.8, 4) is 0 Å². The predicted octanol–water partition coefficient (Wildman–Crippen LogP) is 2.10. The summed E-state index contributed by atoms with van der Waals surface area (Å²) in [5.41, 5.74) is 7.55. The van der Waals surface area contributed by atoms with Gasteiger partial charge in [-0.3, -0.25) is 9.80 Å². The van der Waals surface area contributed by atoms with Gasteiger partial charge in [0.05, 0.1) is 0 Å². The number of likely N-dealkylation sites (N-methyl/N-ethyl adjacent to an activating group) is 1. The maximum atomic E-state index is 6.31. The maximum Gasteiger partial charge on any atom is 0.0424 e. The first-order chi connectivity index (χ1) is 9.24. The number of likely N-dealkylation sites (tertiary alicyclic amines) is 1. The zero-order valence-corrected chi connectivity index (χ0v) is 12.3. The molecule has 0 saturated carbocycles. The molecule has 2 rings (SSSR count). The Kier molecular flexibility index (Phi) is 5.37. The molecule has 1 aliphatic heterocycles. The minimum absolute atomic E-state index is 0.136. The van der Waals surface area contributed by atoms with Gasteiger partial charge in [-0.15, -0.1) is 0 Å². The minimum Gasteiger partial charge on any atom is -0.323 e. The van der Waals surface area contributed by atoms with Gasteiger partial charge >= 0.3 is 0 Å². The van der Waals surface area contributed by atoms with Crippen molar-refractivity contribution in [2.75, 3.05) is 32.7 Å². The fourth-order valence-corrected chi connectivity index (χ4v) is 3.10. The molecule has 2 unspecified atom stereocenters. The van der Waals surface area contributed by atoms with E-state index in [2.05, 4.69) is 47.9 Å². The van der Waals surface area contributed by atoms with Crippen molar-refractivity contribution in [3.63, 3.8) is 0 Å². The lowest BCUT2D eigenvalue weighted by molar-refractivity contribution is 0.208. The number of benzene rings is 1. The first-order valence-corrected chi connectivity index (χ1v) is 7.51. The third kappa shape index (κ3) is 3.78. The molecule has 1 heterocycles. The van der Waals surface area contributed by atoms with Crippen LogP contribution in [0.2, 0.25) is 0 Å². The Hall–Kier alpha value is -0.900. The number of nitrogens with zero attached hydrogens (tertiary/aromatic N) is 2. The van der Waals surface area contributed by atoms with Crippen LogP contribution in [-0.4, -0.2) is 48.6 Å². The molecule has 2 N–H and O–H groups in total. The van der Waals surface area contributed by atoms with Gasteiger partial charge in [0.15, 0.2) is 0 Å². The van der Waals surface area contributed by atoms with Crippen LogP contribution in [0.3, 0.4) is 0 Å². The Morgan fingerprint density at radius 3 is 2.58 bits per heavy atom. The van der Waals surface area contributed by atoms with Crippen LogP contribution in [-0.2, 0) is 0 Å². The van der Waals surface area contributed by atoms with Crippen molar-refractivity contribution in [2.45, 2.75) is 32.4 Å². The Bertz CT molecular complexity index is 362. The van der Waals surface area contributed by atoms with E-state index in [0.29, 0.717) is 0 Å². The second kappa shape index (κ2) is 7.04. The first kappa shape index (κ1) is 14.5. The highest BCUT2D eigenvalue weighted by Crippen LogP contribution is 2.18. The summed E-state index contributed by atoms with van der Waals surface area (Å²) in [4.78, 5) is 5.08. The molecular formula is C16H27N3. The molecule has 0 bridgehead atoms. The minimum atomic E-state index is 0.136. The molecule has 2 atom stereocenters. The Morgan fingerprint density at radius 2 is 1.95 bits per heavy atom. The largest absolute Gasteiger partial charge is 0.323 e. The highest BCUT2D eigenvalue weighted by atomic mass is 15.3. The molecule has 1 aromatic carbocycles. The smallest absolute Gasteiger partial charge is 0.0424 e. The van der Waals surface area contributed by atoms with E-state index in [1.54, 1.807) is 0 Å². The fourth-order valence-electron chi connectivity index (χ4n) is 3.10. The number of rotatable bonds is 6. The summed E-state index contributed by atoms with van der Waals surface area (Å²) < 4.78 is 0. The molecule has 0 aromatic heterocycles. The van der Waals surface area contributed by atoms with Crippen LogP contribution in [0.25, 0.3) is 0 Å².